The van der Waals surface area contributed by atoms with Crippen molar-refractivity contribution in [2.24, 2.45) is 0 Å². The molecule has 94 valence electrons. The molecule has 0 rings (SSSR count). The lowest BCUT2D eigenvalue weighted by Gasteiger charge is -2.06. The molecule has 0 aromatic rings. The van der Waals surface area contributed by atoms with Crippen LogP contribution in [0.2, 0.25) is 0 Å². The Bertz CT molecular complexity index is 209. The molecule has 0 atom stereocenters. The van der Waals surface area contributed by atoms with Gasteiger partial charge in [-0.2, -0.15) is 12.6 Å². The zero-order chi connectivity index (χ0) is 12.2. The van der Waals surface area contributed by atoms with Gasteiger partial charge in [-0.15, -0.1) is 0 Å². The molecule has 0 aliphatic heterocycles. The summed E-state index contributed by atoms with van der Waals surface area (Å²) in [4.78, 5) is 10.9. The standard InChI is InChI=1S/C11H23N3OS/c1-13-11(15)7-3-2-4-8-14-10(12)6-5-9-16/h16H,2-9H2,1H3,(H2,12,14)(H,13,15). The van der Waals surface area contributed by atoms with Crippen molar-refractivity contribution in [2.75, 3.05) is 19.3 Å². The van der Waals surface area contributed by atoms with Gasteiger partial charge in [-0.05, 0) is 25.0 Å². The Morgan fingerprint density at radius 3 is 2.56 bits per heavy atom. The van der Waals surface area contributed by atoms with Crippen LogP contribution in [0.25, 0.3) is 0 Å². The minimum Gasteiger partial charge on any atom is -0.374 e. The second-order valence-corrected chi connectivity index (χ2v) is 4.16. The topological polar surface area (TPSA) is 65.0 Å². The van der Waals surface area contributed by atoms with Crippen LogP contribution in [0.5, 0.6) is 0 Å². The van der Waals surface area contributed by atoms with E-state index < -0.39 is 0 Å². The van der Waals surface area contributed by atoms with Crippen molar-refractivity contribution in [2.45, 2.75) is 38.5 Å². The average molecular weight is 245 g/mol. The first-order chi connectivity index (χ1) is 7.70. The van der Waals surface area contributed by atoms with Crippen LogP contribution in [0.3, 0.4) is 0 Å². The highest BCUT2D eigenvalue weighted by molar-refractivity contribution is 7.80. The van der Waals surface area contributed by atoms with E-state index in [2.05, 4.69) is 23.3 Å². The number of unbranched alkanes of at least 4 members (excludes halogenated alkanes) is 2. The number of carbonyl (C=O) groups excluding carboxylic acids is 1. The van der Waals surface area contributed by atoms with Crippen molar-refractivity contribution in [3.05, 3.63) is 0 Å². The van der Waals surface area contributed by atoms with Crippen molar-refractivity contribution >= 4 is 24.4 Å². The minimum absolute atomic E-state index is 0.106. The molecule has 0 heterocycles. The molecule has 16 heavy (non-hydrogen) atoms. The summed E-state index contributed by atoms with van der Waals surface area (Å²) in [7, 11) is 1.66. The SMILES string of the molecule is CNC(=O)CCCCCNC(=N)CCCS. The van der Waals surface area contributed by atoms with Gasteiger partial charge in [-0.3, -0.25) is 10.2 Å². The third kappa shape index (κ3) is 9.83. The molecule has 0 spiro atoms. The van der Waals surface area contributed by atoms with E-state index in [4.69, 9.17) is 5.41 Å². The van der Waals surface area contributed by atoms with Crippen LogP contribution in [-0.2, 0) is 4.79 Å². The average Bonchev–Trinajstić information content (AvgIpc) is 2.30. The summed E-state index contributed by atoms with van der Waals surface area (Å²) in [5.74, 6) is 1.53. The summed E-state index contributed by atoms with van der Waals surface area (Å²) in [5.41, 5.74) is 0. The summed E-state index contributed by atoms with van der Waals surface area (Å²) >= 11 is 4.10. The molecule has 0 fully saturated rings. The summed E-state index contributed by atoms with van der Waals surface area (Å²) in [6.45, 7) is 0.832. The molecular formula is C11H23N3OS. The predicted molar refractivity (Wildman–Crippen MR) is 71.4 cm³/mol. The van der Waals surface area contributed by atoms with Crippen molar-refractivity contribution < 1.29 is 4.79 Å². The lowest BCUT2D eigenvalue weighted by atomic mass is 10.2. The molecule has 0 radical (unpaired) electrons. The molecule has 0 saturated carbocycles. The van der Waals surface area contributed by atoms with Gasteiger partial charge >= 0.3 is 0 Å². The van der Waals surface area contributed by atoms with Crippen LogP contribution in [-0.4, -0.2) is 31.1 Å². The Morgan fingerprint density at radius 1 is 1.19 bits per heavy atom. The Kier molecular flexibility index (Phi) is 10.3. The maximum Gasteiger partial charge on any atom is 0.219 e. The lowest BCUT2D eigenvalue weighted by Crippen LogP contribution is -2.23. The zero-order valence-electron chi connectivity index (χ0n) is 10.0. The molecule has 0 bridgehead atoms. The molecule has 3 N–H and O–H groups in total. The number of carbonyl (C=O) groups is 1. The molecule has 0 aliphatic rings. The molecule has 0 aromatic carbocycles. The van der Waals surface area contributed by atoms with Crippen LogP contribution >= 0.6 is 12.6 Å². The number of thiol groups is 1. The maximum absolute atomic E-state index is 10.9. The fourth-order valence-corrected chi connectivity index (χ4v) is 1.45. The number of amides is 1. The molecule has 0 aliphatic carbocycles. The van der Waals surface area contributed by atoms with Gasteiger partial charge in [0.2, 0.25) is 5.91 Å². The number of amidine groups is 1. The smallest absolute Gasteiger partial charge is 0.219 e. The molecule has 0 aromatic heterocycles. The Balaban J connectivity index is 3.20. The Morgan fingerprint density at radius 2 is 1.94 bits per heavy atom. The third-order valence-corrected chi connectivity index (χ3v) is 2.60. The Hall–Kier alpha value is -0.710. The van der Waals surface area contributed by atoms with E-state index in [9.17, 15) is 4.79 Å². The fourth-order valence-electron chi connectivity index (χ4n) is 1.30. The van der Waals surface area contributed by atoms with Crippen molar-refractivity contribution in [1.82, 2.24) is 10.6 Å². The second-order valence-electron chi connectivity index (χ2n) is 3.72. The summed E-state index contributed by atoms with van der Waals surface area (Å²) in [5, 5.41) is 13.2. The molecule has 1 amide bonds. The molecule has 0 unspecified atom stereocenters. The predicted octanol–water partition coefficient (Wildman–Crippen LogP) is 1.57. The van der Waals surface area contributed by atoms with Gasteiger partial charge in [0.25, 0.3) is 0 Å². The normalized spacial score (nSPS) is 9.88. The van der Waals surface area contributed by atoms with Gasteiger partial charge < -0.3 is 10.6 Å². The fraction of sp³-hybridized carbons (Fsp3) is 0.818. The van der Waals surface area contributed by atoms with Gasteiger partial charge in [0.05, 0.1) is 5.84 Å². The van der Waals surface area contributed by atoms with E-state index in [0.717, 1.165) is 44.4 Å². The van der Waals surface area contributed by atoms with Crippen molar-refractivity contribution in [1.29, 1.82) is 5.41 Å². The van der Waals surface area contributed by atoms with E-state index in [0.29, 0.717) is 12.3 Å². The van der Waals surface area contributed by atoms with E-state index in [1.54, 1.807) is 7.05 Å². The van der Waals surface area contributed by atoms with E-state index in [-0.39, 0.29) is 5.91 Å². The number of hydrogen-bond acceptors (Lipinski definition) is 3. The first-order valence-electron chi connectivity index (χ1n) is 5.83. The number of hydrogen-bond donors (Lipinski definition) is 4. The molecule has 0 saturated heterocycles. The highest BCUT2D eigenvalue weighted by atomic mass is 32.1. The highest BCUT2D eigenvalue weighted by Crippen LogP contribution is 1.99. The van der Waals surface area contributed by atoms with Crippen molar-refractivity contribution in [3.63, 3.8) is 0 Å². The molecule has 5 heteroatoms. The highest BCUT2D eigenvalue weighted by Gasteiger charge is 1.98. The molecule has 4 nitrogen and oxygen atoms in total. The minimum atomic E-state index is 0.106. The van der Waals surface area contributed by atoms with Gasteiger partial charge in [0.15, 0.2) is 0 Å². The van der Waals surface area contributed by atoms with Crippen LogP contribution in [0.4, 0.5) is 0 Å². The van der Waals surface area contributed by atoms with Gasteiger partial charge in [-0.25, -0.2) is 0 Å². The van der Waals surface area contributed by atoms with Crippen LogP contribution in [0.15, 0.2) is 0 Å². The van der Waals surface area contributed by atoms with Crippen LogP contribution in [0, 0.1) is 5.41 Å². The van der Waals surface area contributed by atoms with E-state index >= 15 is 0 Å². The summed E-state index contributed by atoms with van der Waals surface area (Å²) in [6, 6.07) is 0. The van der Waals surface area contributed by atoms with Gasteiger partial charge in [0, 0.05) is 26.4 Å². The maximum atomic E-state index is 10.9. The van der Waals surface area contributed by atoms with E-state index in [1.165, 1.54) is 0 Å². The van der Waals surface area contributed by atoms with Gasteiger partial charge in [-0.1, -0.05) is 6.42 Å². The number of nitrogens with one attached hydrogen (secondary N) is 3. The van der Waals surface area contributed by atoms with Crippen LogP contribution < -0.4 is 10.6 Å². The first kappa shape index (κ1) is 15.3. The monoisotopic (exact) mass is 245 g/mol. The quantitative estimate of drug-likeness (QED) is 0.216. The lowest BCUT2D eigenvalue weighted by molar-refractivity contribution is -0.120. The van der Waals surface area contributed by atoms with Gasteiger partial charge in [0.1, 0.15) is 0 Å². The first-order valence-corrected chi connectivity index (χ1v) is 6.46. The summed E-state index contributed by atoms with van der Waals surface area (Å²) in [6.07, 6.45) is 5.30. The second kappa shape index (κ2) is 10.8. The zero-order valence-corrected chi connectivity index (χ0v) is 10.9. The largest absolute Gasteiger partial charge is 0.374 e. The Labute approximate surface area is 103 Å². The van der Waals surface area contributed by atoms with Crippen LogP contribution in [0.1, 0.15) is 38.5 Å². The van der Waals surface area contributed by atoms with E-state index in [1.807, 2.05) is 0 Å². The van der Waals surface area contributed by atoms with Crippen molar-refractivity contribution in [3.8, 4) is 0 Å². The third-order valence-electron chi connectivity index (χ3n) is 2.28. The molecular weight excluding hydrogens is 222 g/mol. The summed E-state index contributed by atoms with van der Waals surface area (Å²) < 4.78 is 0. The number of rotatable bonds is 9.